The Hall–Kier alpha value is -1.82. The molecular weight excluding hydrogens is 324 g/mol. The van der Waals surface area contributed by atoms with Crippen molar-refractivity contribution in [1.82, 2.24) is 19.8 Å². The van der Waals surface area contributed by atoms with E-state index in [0.29, 0.717) is 0 Å². The second-order valence-electron chi connectivity index (χ2n) is 7.80. The van der Waals surface area contributed by atoms with Crippen LogP contribution in [-0.2, 0) is 6.54 Å². The van der Waals surface area contributed by atoms with Crippen molar-refractivity contribution in [1.29, 1.82) is 0 Å². The smallest absolute Gasteiger partial charge is 0.159 e. The maximum Gasteiger partial charge on any atom is 0.159 e. The van der Waals surface area contributed by atoms with Gasteiger partial charge < -0.3 is 10.0 Å². The first-order valence-electron chi connectivity index (χ1n) is 9.74. The number of nitrogens with zero attached hydrogens (tertiary/aromatic N) is 4. The minimum atomic E-state index is -0.576. The molecule has 2 aliphatic rings. The van der Waals surface area contributed by atoms with Gasteiger partial charge in [0, 0.05) is 43.2 Å². The predicted octanol–water partition coefficient (Wildman–Crippen LogP) is 2.57. The van der Waals surface area contributed by atoms with Gasteiger partial charge in [-0.25, -0.2) is 9.97 Å². The summed E-state index contributed by atoms with van der Waals surface area (Å²) in [5.41, 5.74) is 1.57. The lowest BCUT2D eigenvalue weighted by molar-refractivity contribution is -0.0519. The molecule has 138 valence electrons. The van der Waals surface area contributed by atoms with E-state index in [1.54, 1.807) is 0 Å². The number of benzene rings is 1. The minimum absolute atomic E-state index is 0.576. The Morgan fingerprint density at radius 2 is 1.62 bits per heavy atom. The summed E-state index contributed by atoms with van der Waals surface area (Å²) in [5, 5.41) is 11.1. The molecule has 1 atom stereocenters. The fraction of sp³-hybridized carbons (Fsp3) is 0.524. The van der Waals surface area contributed by atoms with E-state index < -0.39 is 5.60 Å². The zero-order valence-electron chi connectivity index (χ0n) is 15.3. The van der Waals surface area contributed by atoms with Gasteiger partial charge in [-0.3, -0.25) is 4.90 Å². The molecule has 0 radical (unpaired) electrons. The van der Waals surface area contributed by atoms with Crippen molar-refractivity contribution in [2.24, 2.45) is 0 Å². The van der Waals surface area contributed by atoms with Crippen LogP contribution in [0.3, 0.4) is 0 Å². The Morgan fingerprint density at radius 1 is 0.923 bits per heavy atom. The van der Waals surface area contributed by atoms with Gasteiger partial charge in [0.1, 0.15) is 0 Å². The predicted molar refractivity (Wildman–Crippen MR) is 103 cm³/mol. The van der Waals surface area contributed by atoms with Gasteiger partial charge in [0.25, 0.3) is 0 Å². The van der Waals surface area contributed by atoms with E-state index in [-0.39, 0.29) is 0 Å². The summed E-state index contributed by atoms with van der Waals surface area (Å²) in [6.07, 6.45) is 8.33. The molecule has 2 aromatic rings. The highest BCUT2D eigenvalue weighted by Crippen LogP contribution is 2.25. The van der Waals surface area contributed by atoms with Crippen molar-refractivity contribution >= 4 is 0 Å². The standard InChI is InChI=1S/C21H28N4O/c26-21(16-24-10-4-5-11-24)9-6-12-25(17-21)15-18-13-22-20(23-14-18)19-7-2-1-3-8-19/h1-3,7-8,13-14,26H,4-6,9-12,15-17H2/t21-/m0/s1. The third-order valence-electron chi connectivity index (χ3n) is 5.49. The molecule has 3 heterocycles. The van der Waals surface area contributed by atoms with Crippen molar-refractivity contribution in [3.8, 4) is 11.4 Å². The number of likely N-dealkylation sites (tertiary alicyclic amines) is 2. The molecule has 2 saturated heterocycles. The molecular formula is C21H28N4O. The number of β-amino-alcohol motifs (C(OH)–C–C–N with tert-alkyl or cyclic N) is 1. The molecule has 1 N–H and O–H groups in total. The first kappa shape index (κ1) is 17.6. The average molecular weight is 352 g/mol. The molecule has 0 aliphatic carbocycles. The SMILES string of the molecule is O[C@]1(CN2CCCC2)CCCN(Cc2cnc(-c3ccccc3)nc2)C1. The van der Waals surface area contributed by atoms with Crippen LogP contribution in [0.4, 0.5) is 0 Å². The van der Waals surface area contributed by atoms with E-state index >= 15 is 0 Å². The Balaban J connectivity index is 1.37. The molecule has 2 aliphatic heterocycles. The second kappa shape index (κ2) is 7.82. The summed E-state index contributed by atoms with van der Waals surface area (Å²) >= 11 is 0. The van der Waals surface area contributed by atoms with Crippen LogP contribution in [0.5, 0.6) is 0 Å². The second-order valence-corrected chi connectivity index (χ2v) is 7.80. The number of aromatic nitrogens is 2. The van der Waals surface area contributed by atoms with Crippen molar-refractivity contribution < 1.29 is 5.11 Å². The fourth-order valence-corrected chi connectivity index (χ4v) is 4.26. The molecule has 2 fully saturated rings. The van der Waals surface area contributed by atoms with Gasteiger partial charge in [-0.05, 0) is 45.3 Å². The van der Waals surface area contributed by atoms with Crippen molar-refractivity contribution in [3.63, 3.8) is 0 Å². The van der Waals surface area contributed by atoms with Gasteiger partial charge in [-0.1, -0.05) is 30.3 Å². The minimum Gasteiger partial charge on any atom is -0.387 e. The Morgan fingerprint density at radius 3 is 2.35 bits per heavy atom. The molecule has 5 nitrogen and oxygen atoms in total. The van der Waals surface area contributed by atoms with Crippen molar-refractivity contribution in [3.05, 3.63) is 48.3 Å². The van der Waals surface area contributed by atoms with Gasteiger partial charge in [0.05, 0.1) is 5.60 Å². The Bertz CT molecular complexity index is 700. The lowest BCUT2D eigenvalue weighted by atomic mass is 9.92. The highest BCUT2D eigenvalue weighted by molar-refractivity contribution is 5.53. The molecule has 1 aromatic carbocycles. The molecule has 26 heavy (non-hydrogen) atoms. The first-order chi connectivity index (χ1) is 12.7. The molecule has 4 rings (SSSR count). The van der Waals surface area contributed by atoms with E-state index in [2.05, 4.69) is 19.8 Å². The Kier molecular flexibility index (Phi) is 5.29. The van der Waals surface area contributed by atoms with Gasteiger partial charge in [0.2, 0.25) is 0 Å². The van der Waals surface area contributed by atoms with Gasteiger partial charge in [-0.2, -0.15) is 0 Å². The van der Waals surface area contributed by atoms with Crippen LogP contribution in [0, 0.1) is 0 Å². The molecule has 1 aromatic heterocycles. The van der Waals surface area contributed by atoms with Crippen LogP contribution in [0.2, 0.25) is 0 Å². The first-order valence-corrected chi connectivity index (χ1v) is 9.74. The highest BCUT2D eigenvalue weighted by Gasteiger charge is 2.35. The van der Waals surface area contributed by atoms with Crippen LogP contribution in [0.25, 0.3) is 11.4 Å². The number of hydrogen-bond acceptors (Lipinski definition) is 5. The van der Waals surface area contributed by atoms with Gasteiger partial charge in [-0.15, -0.1) is 0 Å². The molecule has 0 unspecified atom stereocenters. The molecule has 0 saturated carbocycles. The maximum atomic E-state index is 11.1. The third-order valence-corrected chi connectivity index (χ3v) is 5.49. The van der Waals surface area contributed by atoms with E-state index in [0.717, 1.165) is 69.1 Å². The van der Waals surface area contributed by atoms with Crippen LogP contribution in [0.1, 0.15) is 31.2 Å². The number of aliphatic hydroxyl groups is 1. The largest absolute Gasteiger partial charge is 0.387 e. The number of piperidine rings is 1. The van der Waals surface area contributed by atoms with E-state index in [9.17, 15) is 5.11 Å². The van der Waals surface area contributed by atoms with Crippen molar-refractivity contribution in [2.45, 2.75) is 37.8 Å². The van der Waals surface area contributed by atoms with Crippen molar-refractivity contribution in [2.75, 3.05) is 32.7 Å². The van der Waals surface area contributed by atoms with E-state index in [1.807, 2.05) is 42.7 Å². The fourth-order valence-electron chi connectivity index (χ4n) is 4.26. The number of rotatable bonds is 5. The van der Waals surface area contributed by atoms with Gasteiger partial charge >= 0.3 is 0 Å². The van der Waals surface area contributed by atoms with Crippen LogP contribution >= 0.6 is 0 Å². The normalized spacial score (nSPS) is 24.8. The molecule has 0 bridgehead atoms. The van der Waals surface area contributed by atoms with Gasteiger partial charge in [0.15, 0.2) is 5.82 Å². The quantitative estimate of drug-likeness (QED) is 0.896. The number of hydrogen-bond donors (Lipinski definition) is 1. The highest BCUT2D eigenvalue weighted by atomic mass is 16.3. The van der Waals surface area contributed by atoms with Crippen LogP contribution < -0.4 is 0 Å². The monoisotopic (exact) mass is 352 g/mol. The molecule has 5 heteroatoms. The van der Waals surface area contributed by atoms with E-state index in [1.165, 1.54) is 12.8 Å². The molecule has 0 amide bonds. The lowest BCUT2D eigenvalue weighted by Gasteiger charge is -2.41. The summed E-state index contributed by atoms with van der Waals surface area (Å²) in [5.74, 6) is 0.763. The lowest BCUT2D eigenvalue weighted by Crippen LogP contribution is -2.53. The zero-order valence-corrected chi connectivity index (χ0v) is 15.3. The van der Waals surface area contributed by atoms with Crippen LogP contribution in [0.15, 0.2) is 42.7 Å². The summed E-state index contributed by atoms with van der Waals surface area (Å²) < 4.78 is 0. The summed E-state index contributed by atoms with van der Waals surface area (Å²) in [6, 6.07) is 10.1. The maximum absolute atomic E-state index is 11.1. The summed E-state index contributed by atoms with van der Waals surface area (Å²) in [6.45, 7) is 5.66. The Labute approximate surface area is 155 Å². The zero-order chi connectivity index (χ0) is 17.8. The van der Waals surface area contributed by atoms with Crippen LogP contribution in [-0.4, -0.2) is 63.2 Å². The summed E-state index contributed by atoms with van der Waals surface area (Å²) in [4.78, 5) is 13.8. The molecule has 0 spiro atoms. The topological polar surface area (TPSA) is 52.5 Å². The van der Waals surface area contributed by atoms with E-state index in [4.69, 9.17) is 0 Å². The summed E-state index contributed by atoms with van der Waals surface area (Å²) in [7, 11) is 0. The third kappa shape index (κ3) is 4.29. The average Bonchev–Trinajstić information content (AvgIpc) is 3.15.